The maximum absolute atomic E-state index is 6.56. The molecule has 12 aromatic rings. The average molecular weight is 717 g/mol. The van der Waals surface area contributed by atoms with Gasteiger partial charge in [-0.15, -0.1) is 0 Å². The molecule has 0 saturated carbocycles. The van der Waals surface area contributed by atoms with Crippen LogP contribution in [0, 0.1) is 0 Å². The molecule has 3 heterocycles. The zero-order chi connectivity index (χ0) is 36.7. The van der Waals surface area contributed by atoms with E-state index in [1.165, 1.54) is 32.6 Å². The minimum absolute atomic E-state index is 0.867. The molecule has 0 radical (unpaired) electrons. The molecule has 9 aromatic carbocycles. The summed E-state index contributed by atoms with van der Waals surface area (Å²) in [6.45, 7) is 0. The molecule has 4 heteroatoms. The Morgan fingerprint density at radius 3 is 1.75 bits per heavy atom. The van der Waals surface area contributed by atoms with Crippen molar-refractivity contribution in [3.05, 3.63) is 194 Å². The predicted molar refractivity (Wildman–Crippen MR) is 233 cm³/mol. The Bertz CT molecular complexity index is 3440. The molecule has 12 rings (SSSR count). The van der Waals surface area contributed by atoms with Gasteiger partial charge in [0, 0.05) is 54.9 Å². The van der Waals surface area contributed by atoms with E-state index in [1.807, 2.05) is 12.1 Å². The third-order valence-electron chi connectivity index (χ3n) is 11.4. The second-order valence-corrected chi connectivity index (χ2v) is 14.5. The number of anilines is 3. The van der Waals surface area contributed by atoms with Crippen molar-refractivity contribution in [3.63, 3.8) is 0 Å². The van der Waals surface area contributed by atoms with E-state index < -0.39 is 0 Å². The van der Waals surface area contributed by atoms with Gasteiger partial charge in [0.1, 0.15) is 22.3 Å². The van der Waals surface area contributed by atoms with E-state index in [0.717, 1.165) is 77.8 Å². The van der Waals surface area contributed by atoms with E-state index in [0.29, 0.717) is 0 Å². The van der Waals surface area contributed by atoms with E-state index >= 15 is 0 Å². The summed E-state index contributed by atoms with van der Waals surface area (Å²) in [4.78, 5) is 2.38. The summed E-state index contributed by atoms with van der Waals surface area (Å²) in [5, 5.41) is 9.25. The van der Waals surface area contributed by atoms with Crippen molar-refractivity contribution in [1.82, 2.24) is 4.57 Å². The molecule has 0 fully saturated rings. The minimum atomic E-state index is 0.867. The highest BCUT2D eigenvalue weighted by Gasteiger charge is 2.22. The fourth-order valence-corrected chi connectivity index (χ4v) is 8.86. The van der Waals surface area contributed by atoms with Crippen LogP contribution in [0.3, 0.4) is 0 Å². The van der Waals surface area contributed by atoms with Crippen LogP contribution < -0.4 is 4.90 Å². The lowest BCUT2D eigenvalue weighted by Crippen LogP contribution is -2.11. The van der Waals surface area contributed by atoms with Crippen LogP contribution in [0.4, 0.5) is 17.1 Å². The van der Waals surface area contributed by atoms with Gasteiger partial charge in [-0.1, -0.05) is 109 Å². The molecule has 56 heavy (non-hydrogen) atoms. The zero-order valence-corrected chi connectivity index (χ0v) is 30.2. The van der Waals surface area contributed by atoms with Crippen LogP contribution in [-0.2, 0) is 0 Å². The third kappa shape index (κ3) is 4.60. The molecule has 0 aliphatic heterocycles. The smallest absolute Gasteiger partial charge is 0.136 e. The SMILES string of the molecule is c1ccc(N(c2ccc(-n3c4ccccc4c4ccccc43)cc2)c2ccc3oc4ccccc4c3c2)c(-c2cccc3oc4cc5ccccc5cc4c23)c1. The summed E-state index contributed by atoms with van der Waals surface area (Å²) in [5.41, 5.74) is 12.4. The van der Waals surface area contributed by atoms with Crippen molar-refractivity contribution >= 4 is 93.5 Å². The number of rotatable bonds is 5. The van der Waals surface area contributed by atoms with Crippen molar-refractivity contribution in [2.45, 2.75) is 0 Å². The topological polar surface area (TPSA) is 34.5 Å². The molecular formula is C52H32N2O2. The van der Waals surface area contributed by atoms with Crippen LogP contribution in [0.5, 0.6) is 0 Å². The Kier molecular flexibility index (Phi) is 6.60. The second-order valence-electron chi connectivity index (χ2n) is 14.5. The van der Waals surface area contributed by atoms with Crippen LogP contribution in [-0.4, -0.2) is 4.57 Å². The van der Waals surface area contributed by atoms with Crippen LogP contribution >= 0.6 is 0 Å². The van der Waals surface area contributed by atoms with Crippen LogP contribution in [0.2, 0.25) is 0 Å². The van der Waals surface area contributed by atoms with Crippen molar-refractivity contribution < 1.29 is 8.83 Å². The molecule has 0 aliphatic rings. The number of nitrogens with zero attached hydrogens (tertiary/aromatic N) is 2. The largest absolute Gasteiger partial charge is 0.456 e. The summed E-state index contributed by atoms with van der Waals surface area (Å²) < 4.78 is 15.2. The van der Waals surface area contributed by atoms with Crippen LogP contribution in [0.1, 0.15) is 0 Å². The molecule has 4 nitrogen and oxygen atoms in total. The molecule has 0 aliphatic carbocycles. The van der Waals surface area contributed by atoms with Gasteiger partial charge in [-0.05, 0) is 101 Å². The lowest BCUT2D eigenvalue weighted by Gasteiger charge is -2.28. The van der Waals surface area contributed by atoms with Gasteiger partial charge in [0.2, 0.25) is 0 Å². The number of aromatic nitrogens is 1. The first-order valence-corrected chi connectivity index (χ1v) is 19.0. The first kappa shape index (κ1) is 30.9. The quantitative estimate of drug-likeness (QED) is 0.178. The summed E-state index contributed by atoms with van der Waals surface area (Å²) in [7, 11) is 0. The summed E-state index contributed by atoms with van der Waals surface area (Å²) in [6, 6.07) is 69.1. The maximum Gasteiger partial charge on any atom is 0.136 e. The van der Waals surface area contributed by atoms with Gasteiger partial charge >= 0.3 is 0 Å². The minimum Gasteiger partial charge on any atom is -0.456 e. The molecule has 0 saturated heterocycles. The van der Waals surface area contributed by atoms with Gasteiger partial charge < -0.3 is 18.3 Å². The van der Waals surface area contributed by atoms with Crippen LogP contribution in [0.25, 0.3) is 93.3 Å². The Morgan fingerprint density at radius 1 is 0.357 bits per heavy atom. The fourth-order valence-electron chi connectivity index (χ4n) is 8.86. The van der Waals surface area contributed by atoms with E-state index in [-0.39, 0.29) is 0 Å². The molecule has 3 aromatic heterocycles. The van der Waals surface area contributed by atoms with Gasteiger partial charge in [-0.2, -0.15) is 0 Å². The maximum atomic E-state index is 6.56. The third-order valence-corrected chi connectivity index (χ3v) is 11.4. The van der Waals surface area contributed by atoms with Crippen LogP contribution in [0.15, 0.2) is 203 Å². The zero-order valence-electron chi connectivity index (χ0n) is 30.2. The molecule has 262 valence electrons. The standard InChI is InChI=1S/C52H32N2O2/c1-2-13-34-31-51-44(30-33(34)12-1)52-42(18-11-23-50(52)56-51)40-16-5-7-19-45(40)53(37-28-29-49-43(32-37)41-17-6-10-22-48(41)55-49)35-24-26-36(27-25-35)54-46-20-8-3-14-38(46)39-15-4-9-21-47(39)54/h1-32H. The summed E-state index contributed by atoms with van der Waals surface area (Å²) >= 11 is 0. The Balaban J connectivity index is 1.09. The number of furan rings is 2. The van der Waals surface area contributed by atoms with E-state index in [1.54, 1.807) is 0 Å². The Hall–Kier alpha value is -7.56. The number of fused-ring (bicyclic) bond motifs is 10. The van der Waals surface area contributed by atoms with Crippen molar-refractivity contribution in [2.75, 3.05) is 4.90 Å². The normalized spacial score (nSPS) is 11.9. The predicted octanol–water partition coefficient (Wildman–Crippen LogP) is 14.9. The van der Waals surface area contributed by atoms with Gasteiger partial charge in [0.15, 0.2) is 0 Å². The first-order valence-electron chi connectivity index (χ1n) is 19.0. The Labute approximate surface area is 321 Å². The van der Waals surface area contributed by atoms with E-state index in [4.69, 9.17) is 8.83 Å². The van der Waals surface area contributed by atoms with Gasteiger partial charge in [0.25, 0.3) is 0 Å². The van der Waals surface area contributed by atoms with Gasteiger partial charge in [0.05, 0.1) is 16.7 Å². The monoisotopic (exact) mass is 716 g/mol. The van der Waals surface area contributed by atoms with Crippen molar-refractivity contribution in [3.8, 4) is 16.8 Å². The van der Waals surface area contributed by atoms with E-state index in [2.05, 4.69) is 191 Å². The molecule has 0 atom stereocenters. The number of benzene rings is 9. The molecule has 0 N–H and O–H groups in total. The molecular weight excluding hydrogens is 685 g/mol. The lowest BCUT2D eigenvalue weighted by atomic mass is 9.96. The highest BCUT2D eigenvalue weighted by Crippen LogP contribution is 2.46. The molecule has 0 unspecified atom stereocenters. The average Bonchev–Trinajstić information content (AvgIpc) is 3.92. The fraction of sp³-hybridized carbons (Fsp3) is 0. The number of para-hydroxylation sites is 4. The highest BCUT2D eigenvalue weighted by atomic mass is 16.3. The van der Waals surface area contributed by atoms with Crippen molar-refractivity contribution in [2.24, 2.45) is 0 Å². The lowest BCUT2D eigenvalue weighted by molar-refractivity contribution is 0.668. The molecule has 0 bridgehead atoms. The summed E-state index contributed by atoms with van der Waals surface area (Å²) in [6.07, 6.45) is 0. The second kappa shape index (κ2) is 12.0. The Morgan fingerprint density at radius 2 is 0.946 bits per heavy atom. The van der Waals surface area contributed by atoms with E-state index in [9.17, 15) is 0 Å². The summed E-state index contributed by atoms with van der Waals surface area (Å²) in [5.74, 6) is 0. The number of hydrogen-bond donors (Lipinski definition) is 0. The first-order chi connectivity index (χ1) is 27.8. The van der Waals surface area contributed by atoms with Crippen molar-refractivity contribution in [1.29, 1.82) is 0 Å². The highest BCUT2D eigenvalue weighted by molar-refractivity contribution is 6.17. The number of hydrogen-bond acceptors (Lipinski definition) is 3. The van der Waals surface area contributed by atoms with Gasteiger partial charge in [-0.25, -0.2) is 0 Å². The molecule has 0 amide bonds. The van der Waals surface area contributed by atoms with Gasteiger partial charge in [-0.3, -0.25) is 0 Å². The molecule has 0 spiro atoms.